The lowest BCUT2D eigenvalue weighted by atomic mass is 10.1. The number of ether oxygens (including phenoxy) is 1. The molecule has 2 rings (SSSR count). The van der Waals surface area contributed by atoms with Crippen LogP contribution in [0.2, 0.25) is 0 Å². The highest BCUT2D eigenvalue weighted by Crippen LogP contribution is 2.27. The van der Waals surface area contributed by atoms with Crippen LogP contribution < -0.4 is 15.8 Å². The van der Waals surface area contributed by atoms with Crippen LogP contribution in [-0.2, 0) is 18.8 Å². The summed E-state index contributed by atoms with van der Waals surface area (Å²) in [5.41, 5.74) is 4.92. The summed E-state index contributed by atoms with van der Waals surface area (Å²) in [6.07, 6.45) is 1.55. The summed E-state index contributed by atoms with van der Waals surface area (Å²) in [4.78, 5) is 48.7. The van der Waals surface area contributed by atoms with Gasteiger partial charge in [-0.2, -0.15) is 0 Å². The topological polar surface area (TPSA) is 105 Å². The fourth-order valence-corrected chi connectivity index (χ4v) is 2.79. The standard InChI is InChI=1S/C17H18IN3O5/c1-17(2,3)26-16(25)20-19-15(24)10-4-5-11(9-18)12(8-10)21-13(22)6-7-14(21)23/h4-8H,9H2,1-3H3,(H,19,24)(H,20,25). The van der Waals surface area contributed by atoms with E-state index in [0.717, 1.165) is 10.5 Å². The molecule has 0 fully saturated rings. The highest BCUT2D eigenvalue weighted by molar-refractivity contribution is 14.1. The number of hydrazine groups is 1. The third kappa shape index (κ3) is 4.81. The van der Waals surface area contributed by atoms with Gasteiger partial charge in [-0.15, -0.1) is 0 Å². The number of carbonyl (C=O) groups is 4. The van der Waals surface area contributed by atoms with Gasteiger partial charge in [0.05, 0.1) is 5.69 Å². The van der Waals surface area contributed by atoms with Gasteiger partial charge in [0.2, 0.25) is 0 Å². The third-order valence-electron chi connectivity index (χ3n) is 3.22. The Hall–Kier alpha value is -2.43. The number of hydrogen-bond acceptors (Lipinski definition) is 5. The van der Waals surface area contributed by atoms with Gasteiger partial charge in [-0.3, -0.25) is 19.8 Å². The van der Waals surface area contributed by atoms with Crippen molar-refractivity contribution in [2.45, 2.75) is 30.8 Å². The van der Waals surface area contributed by atoms with Gasteiger partial charge in [-0.1, -0.05) is 28.7 Å². The predicted molar refractivity (Wildman–Crippen MR) is 103 cm³/mol. The van der Waals surface area contributed by atoms with Crippen LogP contribution in [0.15, 0.2) is 30.4 Å². The van der Waals surface area contributed by atoms with E-state index in [4.69, 9.17) is 4.74 Å². The monoisotopic (exact) mass is 471 g/mol. The van der Waals surface area contributed by atoms with Crippen molar-refractivity contribution in [1.29, 1.82) is 0 Å². The fraction of sp³-hybridized carbons (Fsp3) is 0.294. The molecule has 2 N–H and O–H groups in total. The molecule has 4 amide bonds. The van der Waals surface area contributed by atoms with Crippen molar-refractivity contribution < 1.29 is 23.9 Å². The highest BCUT2D eigenvalue weighted by atomic mass is 127. The van der Waals surface area contributed by atoms with Crippen molar-refractivity contribution in [1.82, 2.24) is 10.9 Å². The number of carbonyl (C=O) groups excluding carboxylic acids is 4. The molecule has 1 aliphatic rings. The first-order valence-electron chi connectivity index (χ1n) is 7.67. The SMILES string of the molecule is CC(C)(C)OC(=O)NNC(=O)c1ccc(CI)c(N2C(=O)C=CC2=O)c1. The summed E-state index contributed by atoms with van der Waals surface area (Å²) >= 11 is 2.10. The summed E-state index contributed by atoms with van der Waals surface area (Å²) in [5, 5.41) is 0. The summed E-state index contributed by atoms with van der Waals surface area (Å²) in [6, 6.07) is 4.63. The van der Waals surface area contributed by atoms with Crippen LogP contribution >= 0.6 is 22.6 Å². The number of anilines is 1. The summed E-state index contributed by atoms with van der Waals surface area (Å²) in [7, 11) is 0. The summed E-state index contributed by atoms with van der Waals surface area (Å²) in [5.74, 6) is -1.54. The Kier molecular flexibility index (Phi) is 6.01. The predicted octanol–water partition coefficient (Wildman–Crippen LogP) is 2.22. The normalized spacial score (nSPS) is 13.8. The first-order valence-corrected chi connectivity index (χ1v) is 9.19. The molecule has 0 radical (unpaired) electrons. The molecule has 1 aromatic rings. The van der Waals surface area contributed by atoms with E-state index in [1.165, 1.54) is 18.2 Å². The minimum absolute atomic E-state index is 0.178. The zero-order chi connectivity index (χ0) is 19.5. The van der Waals surface area contributed by atoms with E-state index in [0.29, 0.717) is 10.1 Å². The van der Waals surface area contributed by atoms with Crippen molar-refractivity contribution in [2.24, 2.45) is 0 Å². The second kappa shape index (κ2) is 7.85. The Labute approximate surface area is 164 Å². The Balaban J connectivity index is 2.16. The third-order valence-corrected chi connectivity index (χ3v) is 4.04. The largest absolute Gasteiger partial charge is 0.443 e. The molecule has 0 unspecified atom stereocenters. The second-order valence-electron chi connectivity index (χ2n) is 6.40. The van der Waals surface area contributed by atoms with Crippen LogP contribution in [0.4, 0.5) is 10.5 Å². The Morgan fingerprint density at radius 2 is 1.73 bits per heavy atom. The minimum Gasteiger partial charge on any atom is -0.443 e. The molecule has 0 saturated carbocycles. The smallest absolute Gasteiger partial charge is 0.426 e. The average Bonchev–Trinajstić information content (AvgIpc) is 2.89. The van der Waals surface area contributed by atoms with Gasteiger partial charge in [0.1, 0.15) is 5.60 Å². The van der Waals surface area contributed by atoms with Crippen molar-refractivity contribution in [3.8, 4) is 0 Å². The maximum absolute atomic E-state index is 12.3. The van der Waals surface area contributed by atoms with E-state index >= 15 is 0 Å². The van der Waals surface area contributed by atoms with E-state index in [9.17, 15) is 19.2 Å². The van der Waals surface area contributed by atoms with Gasteiger partial charge in [0.25, 0.3) is 17.7 Å². The first-order chi connectivity index (χ1) is 12.1. The van der Waals surface area contributed by atoms with Crippen LogP contribution in [-0.4, -0.2) is 29.4 Å². The molecule has 0 aromatic heterocycles. The Morgan fingerprint density at radius 3 is 2.27 bits per heavy atom. The molecule has 26 heavy (non-hydrogen) atoms. The number of halogens is 1. The summed E-state index contributed by atoms with van der Waals surface area (Å²) in [6.45, 7) is 5.09. The van der Waals surface area contributed by atoms with Crippen molar-refractivity contribution in [3.05, 3.63) is 41.5 Å². The molecule has 0 atom stereocenters. The molecule has 9 heteroatoms. The Bertz CT molecular complexity index is 780. The van der Waals surface area contributed by atoms with Gasteiger partial charge in [0.15, 0.2) is 0 Å². The van der Waals surface area contributed by atoms with Gasteiger partial charge in [-0.25, -0.2) is 15.1 Å². The molecule has 0 spiro atoms. The molecule has 1 aliphatic heterocycles. The number of nitrogens with one attached hydrogen (secondary N) is 2. The lowest BCUT2D eigenvalue weighted by molar-refractivity contribution is -0.120. The quantitative estimate of drug-likeness (QED) is 0.305. The molecule has 8 nitrogen and oxygen atoms in total. The van der Waals surface area contributed by atoms with Crippen LogP contribution in [0.25, 0.3) is 0 Å². The number of nitrogens with zero attached hydrogens (tertiary/aromatic N) is 1. The lowest BCUT2D eigenvalue weighted by Gasteiger charge is -2.20. The maximum atomic E-state index is 12.3. The summed E-state index contributed by atoms with van der Waals surface area (Å²) < 4.78 is 5.57. The van der Waals surface area contributed by atoms with Gasteiger partial charge < -0.3 is 4.74 Å². The number of amides is 4. The molecular weight excluding hydrogens is 453 g/mol. The van der Waals surface area contributed by atoms with Crippen LogP contribution in [0.1, 0.15) is 36.7 Å². The van der Waals surface area contributed by atoms with Gasteiger partial charge in [0, 0.05) is 22.1 Å². The van der Waals surface area contributed by atoms with Crippen molar-refractivity contribution in [3.63, 3.8) is 0 Å². The molecule has 138 valence electrons. The number of hydrogen-bond donors (Lipinski definition) is 2. The van der Waals surface area contributed by atoms with E-state index in [1.807, 2.05) is 0 Å². The van der Waals surface area contributed by atoms with Crippen molar-refractivity contribution in [2.75, 3.05) is 4.90 Å². The van der Waals surface area contributed by atoms with E-state index in [-0.39, 0.29) is 5.56 Å². The van der Waals surface area contributed by atoms with E-state index in [2.05, 4.69) is 33.4 Å². The molecule has 1 heterocycles. The van der Waals surface area contributed by atoms with Crippen LogP contribution in [0, 0.1) is 0 Å². The zero-order valence-electron chi connectivity index (χ0n) is 14.5. The molecule has 0 saturated heterocycles. The minimum atomic E-state index is -0.802. The molecule has 1 aromatic carbocycles. The fourth-order valence-electron chi connectivity index (χ4n) is 2.15. The Morgan fingerprint density at radius 1 is 1.12 bits per heavy atom. The molecule has 0 aliphatic carbocycles. The number of alkyl halides is 1. The highest BCUT2D eigenvalue weighted by Gasteiger charge is 2.28. The first kappa shape index (κ1) is 19.9. The average molecular weight is 471 g/mol. The van der Waals surface area contributed by atoms with Crippen LogP contribution in [0.3, 0.4) is 0 Å². The van der Waals surface area contributed by atoms with E-state index < -0.39 is 29.4 Å². The molecule has 0 bridgehead atoms. The van der Waals surface area contributed by atoms with Gasteiger partial charge in [-0.05, 0) is 38.5 Å². The van der Waals surface area contributed by atoms with Crippen LogP contribution in [0.5, 0.6) is 0 Å². The lowest BCUT2D eigenvalue weighted by Crippen LogP contribution is -2.44. The molecular formula is C17H18IN3O5. The zero-order valence-corrected chi connectivity index (χ0v) is 16.6. The maximum Gasteiger partial charge on any atom is 0.426 e. The number of imide groups is 1. The number of rotatable bonds is 3. The second-order valence-corrected chi connectivity index (χ2v) is 7.17. The van der Waals surface area contributed by atoms with E-state index in [1.54, 1.807) is 32.9 Å². The van der Waals surface area contributed by atoms with Crippen molar-refractivity contribution >= 4 is 52.1 Å². The van der Waals surface area contributed by atoms with Gasteiger partial charge >= 0.3 is 6.09 Å². The number of benzene rings is 1.